The molecule has 0 saturated heterocycles. The summed E-state index contributed by atoms with van der Waals surface area (Å²) in [7, 11) is 1.80. The molecule has 2 rings (SSSR count). The molecule has 0 bridgehead atoms. The average molecular weight is 193 g/mol. The van der Waals surface area contributed by atoms with Crippen LogP contribution in [0.4, 0.5) is 10.2 Å². The van der Waals surface area contributed by atoms with E-state index in [9.17, 15) is 4.39 Å². The Labute approximate surface area is 79.4 Å². The van der Waals surface area contributed by atoms with Crippen LogP contribution in [0, 0.1) is 5.82 Å². The van der Waals surface area contributed by atoms with Crippen molar-refractivity contribution in [2.75, 3.05) is 5.73 Å². The van der Waals surface area contributed by atoms with Crippen LogP contribution in [0.25, 0.3) is 11.6 Å². The molecular formula is C8H8FN5. The van der Waals surface area contributed by atoms with Gasteiger partial charge in [0.05, 0.1) is 6.20 Å². The number of nitrogens with two attached hydrogens (primary N) is 1. The van der Waals surface area contributed by atoms with Crippen LogP contribution >= 0.6 is 0 Å². The van der Waals surface area contributed by atoms with Gasteiger partial charge in [0.1, 0.15) is 0 Å². The Bertz CT molecular complexity index is 465. The number of anilines is 1. The van der Waals surface area contributed by atoms with Gasteiger partial charge in [0, 0.05) is 19.4 Å². The zero-order valence-corrected chi connectivity index (χ0v) is 7.48. The second-order valence-electron chi connectivity index (χ2n) is 2.79. The summed E-state index contributed by atoms with van der Waals surface area (Å²) in [6.07, 6.45) is 4.39. The van der Waals surface area contributed by atoms with Gasteiger partial charge in [0.15, 0.2) is 23.3 Å². The number of nitrogen functional groups attached to an aromatic ring is 1. The molecule has 0 radical (unpaired) electrons. The van der Waals surface area contributed by atoms with Gasteiger partial charge in [0.2, 0.25) is 0 Å². The first kappa shape index (κ1) is 8.61. The maximum atomic E-state index is 12.8. The van der Waals surface area contributed by atoms with Gasteiger partial charge in [-0.1, -0.05) is 0 Å². The average Bonchev–Trinajstić information content (AvgIpc) is 2.57. The van der Waals surface area contributed by atoms with Crippen molar-refractivity contribution in [2.24, 2.45) is 7.05 Å². The van der Waals surface area contributed by atoms with Crippen LogP contribution in [0.3, 0.4) is 0 Å². The lowest BCUT2D eigenvalue weighted by molar-refractivity contribution is 0.620. The second kappa shape index (κ2) is 3.06. The van der Waals surface area contributed by atoms with E-state index < -0.39 is 5.82 Å². The van der Waals surface area contributed by atoms with Crippen molar-refractivity contribution in [1.29, 1.82) is 0 Å². The first-order chi connectivity index (χ1) is 6.68. The van der Waals surface area contributed by atoms with Crippen LogP contribution in [0.5, 0.6) is 0 Å². The van der Waals surface area contributed by atoms with Crippen LogP contribution < -0.4 is 5.73 Å². The third kappa shape index (κ3) is 1.30. The van der Waals surface area contributed by atoms with Gasteiger partial charge in [-0.2, -0.15) is 0 Å². The van der Waals surface area contributed by atoms with E-state index in [0.29, 0.717) is 11.6 Å². The van der Waals surface area contributed by atoms with E-state index in [4.69, 9.17) is 5.73 Å². The minimum atomic E-state index is -0.622. The zero-order valence-electron chi connectivity index (χ0n) is 7.48. The van der Waals surface area contributed by atoms with Gasteiger partial charge < -0.3 is 10.3 Å². The lowest BCUT2D eigenvalue weighted by Gasteiger charge is -2.00. The number of hydrogen-bond acceptors (Lipinski definition) is 4. The van der Waals surface area contributed by atoms with E-state index in [2.05, 4.69) is 15.0 Å². The minimum absolute atomic E-state index is 0.169. The molecule has 2 aromatic heterocycles. The smallest absolute Gasteiger partial charge is 0.198 e. The lowest BCUT2D eigenvalue weighted by atomic mass is 10.5. The van der Waals surface area contributed by atoms with E-state index in [1.54, 1.807) is 24.0 Å². The molecule has 5 nitrogen and oxygen atoms in total. The highest BCUT2D eigenvalue weighted by atomic mass is 19.1. The fourth-order valence-electron chi connectivity index (χ4n) is 1.07. The van der Waals surface area contributed by atoms with Gasteiger partial charge in [-0.15, -0.1) is 0 Å². The molecule has 2 heterocycles. The molecule has 72 valence electrons. The predicted molar refractivity (Wildman–Crippen MR) is 48.6 cm³/mol. The predicted octanol–water partition coefficient (Wildman–Crippen LogP) is 0.598. The molecule has 0 spiro atoms. The summed E-state index contributed by atoms with van der Waals surface area (Å²) >= 11 is 0. The molecule has 0 aliphatic carbocycles. The number of aryl methyl sites for hydroxylation is 1. The van der Waals surface area contributed by atoms with E-state index >= 15 is 0 Å². The minimum Gasteiger partial charge on any atom is -0.381 e. The van der Waals surface area contributed by atoms with Gasteiger partial charge >= 0.3 is 0 Å². The second-order valence-corrected chi connectivity index (χ2v) is 2.79. The Hall–Kier alpha value is -1.98. The fourth-order valence-corrected chi connectivity index (χ4v) is 1.07. The monoisotopic (exact) mass is 193 g/mol. The third-order valence-corrected chi connectivity index (χ3v) is 1.79. The van der Waals surface area contributed by atoms with Crippen molar-refractivity contribution in [2.45, 2.75) is 0 Å². The molecule has 0 aliphatic heterocycles. The van der Waals surface area contributed by atoms with Crippen LogP contribution in [0.1, 0.15) is 0 Å². The molecule has 0 amide bonds. The van der Waals surface area contributed by atoms with E-state index in [1.807, 2.05) is 0 Å². The molecule has 0 fully saturated rings. The topological polar surface area (TPSA) is 69.6 Å². The first-order valence-electron chi connectivity index (χ1n) is 3.94. The van der Waals surface area contributed by atoms with Crippen molar-refractivity contribution in [3.05, 3.63) is 24.4 Å². The summed E-state index contributed by atoms with van der Waals surface area (Å²) in [5.74, 6) is 0.0778. The first-order valence-corrected chi connectivity index (χ1v) is 3.94. The largest absolute Gasteiger partial charge is 0.381 e. The van der Waals surface area contributed by atoms with Crippen LogP contribution in [-0.4, -0.2) is 19.5 Å². The zero-order chi connectivity index (χ0) is 10.1. The van der Waals surface area contributed by atoms with Crippen molar-refractivity contribution >= 4 is 5.82 Å². The molecule has 0 aromatic carbocycles. The summed E-state index contributed by atoms with van der Waals surface area (Å²) < 4.78 is 14.5. The summed E-state index contributed by atoms with van der Waals surface area (Å²) in [6, 6.07) is 0. The number of nitrogens with zero attached hydrogens (tertiary/aromatic N) is 4. The Morgan fingerprint density at radius 1 is 1.43 bits per heavy atom. The lowest BCUT2D eigenvalue weighted by Crippen LogP contribution is -2.02. The Balaban J connectivity index is 2.53. The van der Waals surface area contributed by atoms with Crippen LogP contribution in [0.15, 0.2) is 18.6 Å². The highest BCUT2D eigenvalue weighted by Crippen LogP contribution is 2.13. The Morgan fingerprint density at radius 2 is 2.21 bits per heavy atom. The fraction of sp³-hybridized carbons (Fsp3) is 0.125. The molecule has 2 N–H and O–H groups in total. The summed E-state index contributed by atoms with van der Waals surface area (Å²) in [4.78, 5) is 11.6. The van der Waals surface area contributed by atoms with Crippen molar-refractivity contribution < 1.29 is 4.39 Å². The summed E-state index contributed by atoms with van der Waals surface area (Å²) in [5, 5.41) is 0. The number of aromatic nitrogens is 4. The van der Waals surface area contributed by atoms with Crippen molar-refractivity contribution in [3.63, 3.8) is 0 Å². The number of hydrogen-bond donors (Lipinski definition) is 1. The summed E-state index contributed by atoms with van der Waals surface area (Å²) in [5.41, 5.74) is 5.31. The molecule has 0 aliphatic rings. The maximum Gasteiger partial charge on any atom is 0.198 e. The highest BCUT2D eigenvalue weighted by molar-refractivity contribution is 5.47. The maximum absolute atomic E-state index is 12.8. The van der Waals surface area contributed by atoms with E-state index in [1.165, 1.54) is 0 Å². The number of halogens is 1. The van der Waals surface area contributed by atoms with Gasteiger partial charge in [0.25, 0.3) is 0 Å². The molecule has 0 atom stereocenters. The molecule has 0 saturated carbocycles. The van der Waals surface area contributed by atoms with E-state index in [-0.39, 0.29) is 5.82 Å². The SMILES string of the molecule is Cn1ccnc1-c1ncc(F)c(N)n1. The summed E-state index contributed by atoms with van der Waals surface area (Å²) in [6.45, 7) is 0. The Kier molecular flexibility index (Phi) is 1.88. The Morgan fingerprint density at radius 3 is 2.79 bits per heavy atom. The van der Waals surface area contributed by atoms with Gasteiger partial charge in [-0.25, -0.2) is 19.3 Å². The van der Waals surface area contributed by atoms with Gasteiger partial charge in [-0.05, 0) is 0 Å². The van der Waals surface area contributed by atoms with Crippen molar-refractivity contribution in [3.8, 4) is 11.6 Å². The highest BCUT2D eigenvalue weighted by Gasteiger charge is 2.08. The molecule has 6 heteroatoms. The molecule has 2 aromatic rings. The normalized spacial score (nSPS) is 10.4. The van der Waals surface area contributed by atoms with E-state index in [0.717, 1.165) is 6.20 Å². The van der Waals surface area contributed by atoms with Crippen LogP contribution in [-0.2, 0) is 7.05 Å². The molecular weight excluding hydrogens is 185 g/mol. The standard InChI is InChI=1S/C8H8FN5/c1-14-3-2-11-8(14)7-12-4-5(9)6(10)13-7/h2-4H,1H3,(H2,10,12,13). The number of imidazole rings is 1. The van der Waals surface area contributed by atoms with Gasteiger partial charge in [-0.3, -0.25) is 0 Å². The quantitative estimate of drug-likeness (QED) is 0.719. The third-order valence-electron chi connectivity index (χ3n) is 1.79. The van der Waals surface area contributed by atoms with Crippen LogP contribution in [0.2, 0.25) is 0 Å². The molecule has 14 heavy (non-hydrogen) atoms. The van der Waals surface area contributed by atoms with Crippen molar-refractivity contribution in [1.82, 2.24) is 19.5 Å². The number of rotatable bonds is 1. The molecule has 0 unspecified atom stereocenters.